The van der Waals surface area contributed by atoms with E-state index in [2.05, 4.69) is 14.9 Å². The fourth-order valence-electron chi connectivity index (χ4n) is 1.96. The first-order valence-electron chi connectivity index (χ1n) is 7.14. The molecule has 122 valence electrons. The van der Waals surface area contributed by atoms with Gasteiger partial charge in [0.15, 0.2) is 0 Å². The second kappa shape index (κ2) is 5.58. The molecule has 1 aromatic rings. The Morgan fingerprint density at radius 2 is 1.91 bits per heavy atom. The molecule has 1 aromatic heterocycles. The first-order chi connectivity index (χ1) is 10.1. The minimum Gasteiger partial charge on any atom is -0.467 e. The molecule has 8 nitrogen and oxygen atoms in total. The molecule has 8 heteroatoms. The molecule has 0 aromatic carbocycles. The van der Waals surface area contributed by atoms with Crippen LogP contribution in [-0.4, -0.2) is 45.5 Å². The molecule has 0 N–H and O–H groups in total. The van der Waals surface area contributed by atoms with Crippen LogP contribution in [0.15, 0.2) is 4.63 Å². The Hall–Kier alpha value is -2.12. The summed E-state index contributed by atoms with van der Waals surface area (Å²) in [5.41, 5.74) is -1.20. The molecule has 22 heavy (non-hydrogen) atoms. The minimum absolute atomic E-state index is 0.00242. The maximum Gasteiger partial charge on any atom is 0.417 e. The quantitative estimate of drug-likeness (QED) is 0.845. The Morgan fingerprint density at radius 3 is 2.41 bits per heavy atom. The number of amides is 2. The van der Waals surface area contributed by atoms with Crippen molar-refractivity contribution in [3.05, 3.63) is 5.69 Å². The van der Waals surface area contributed by atoms with Crippen LogP contribution in [-0.2, 0) is 4.74 Å². The zero-order chi connectivity index (χ0) is 16.5. The number of aromatic nitrogens is 2. The van der Waals surface area contributed by atoms with E-state index in [1.54, 1.807) is 20.8 Å². The monoisotopic (exact) mass is 311 g/mol. The molecule has 2 amide bonds. The predicted molar refractivity (Wildman–Crippen MR) is 75.5 cm³/mol. The van der Waals surface area contributed by atoms with Gasteiger partial charge in [-0.15, -0.1) is 0 Å². The number of ether oxygens (including phenoxy) is 2. The van der Waals surface area contributed by atoms with Crippen molar-refractivity contribution in [2.45, 2.75) is 58.2 Å². The van der Waals surface area contributed by atoms with Gasteiger partial charge in [0.25, 0.3) is 11.8 Å². The van der Waals surface area contributed by atoms with E-state index < -0.39 is 17.6 Å². The lowest BCUT2D eigenvalue weighted by atomic mass is 9.82. The Morgan fingerprint density at radius 1 is 1.27 bits per heavy atom. The van der Waals surface area contributed by atoms with E-state index in [9.17, 15) is 9.59 Å². The summed E-state index contributed by atoms with van der Waals surface area (Å²) in [6.07, 6.45) is 2.02. The van der Waals surface area contributed by atoms with Crippen LogP contribution >= 0.6 is 0 Å². The average Bonchev–Trinajstić information content (AvgIpc) is 2.81. The molecule has 0 saturated heterocycles. The SMILES string of the molecule is CN(C(=O)OC(C)(C)C)C(=O)c1nonc1OC1(C)CCC1. The second-order valence-electron chi connectivity index (χ2n) is 6.67. The molecule has 1 aliphatic rings. The lowest BCUT2D eigenvalue weighted by Gasteiger charge is -2.37. The van der Waals surface area contributed by atoms with Crippen LogP contribution in [0, 0.1) is 0 Å². The van der Waals surface area contributed by atoms with E-state index in [4.69, 9.17) is 9.47 Å². The summed E-state index contributed by atoms with van der Waals surface area (Å²) >= 11 is 0. The normalized spacial score (nSPS) is 16.6. The van der Waals surface area contributed by atoms with E-state index in [1.807, 2.05) is 6.92 Å². The molecule has 0 radical (unpaired) electrons. The number of imide groups is 1. The van der Waals surface area contributed by atoms with Gasteiger partial charge in [0, 0.05) is 7.05 Å². The molecule has 1 saturated carbocycles. The van der Waals surface area contributed by atoms with Crippen molar-refractivity contribution in [1.29, 1.82) is 0 Å². The van der Waals surface area contributed by atoms with Gasteiger partial charge in [0.1, 0.15) is 11.2 Å². The summed E-state index contributed by atoms with van der Waals surface area (Å²) in [5, 5.41) is 7.16. The molecule has 1 aliphatic carbocycles. The lowest BCUT2D eigenvalue weighted by Crippen LogP contribution is -2.41. The number of carbonyl (C=O) groups is 2. The molecule has 1 heterocycles. The maximum atomic E-state index is 12.3. The van der Waals surface area contributed by atoms with Crippen molar-refractivity contribution in [3.8, 4) is 5.88 Å². The summed E-state index contributed by atoms with van der Waals surface area (Å²) in [7, 11) is 1.31. The summed E-state index contributed by atoms with van der Waals surface area (Å²) in [6, 6.07) is 0. The number of rotatable bonds is 3. The van der Waals surface area contributed by atoms with Gasteiger partial charge in [-0.1, -0.05) is 0 Å². The molecule has 2 rings (SSSR count). The first-order valence-corrected chi connectivity index (χ1v) is 7.14. The van der Waals surface area contributed by atoms with Crippen LogP contribution in [0.4, 0.5) is 4.79 Å². The molecule has 0 spiro atoms. The van der Waals surface area contributed by atoms with E-state index in [1.165, 1.54) is 7.05 Å². The summed E-state index contributed by atoms with van der Waals surface area (Å²) in [4.78, 5) is 25.1. The van der Waals surface area contributed by atoms with E-state index in [0.717, 1.165) is 24.2 Å². The number of nitrogens with zero attached hydrogens (tertiary/aromatic N) is 3. The summed E-state index contributed by atoms with van der Waals surface area (Å²) in [6.45, 7) is 7.07. The maximum absolute atomic E-state index is 12.3. The highest BCUT2D eigenvalue weighted by Crippen LogP contribution is 2.36. The third-order valence-corrected chi connectivity index (χ3v) is 3.39. The van der Waals surface area contributed by atoms with Crippen LogP contribution in [0.2, 0.25) is 0 Å². The molecular formula is C14H21N3O5. The van der Waals surface area contributed by atoms with Crippen LogP contribution in [0.3, 0.4) is 0 Å². The van der Waals surface area contributed by atoms with Gasteiger partial charge >= 0.3 is 6.09 Å². The summed E-state index contributed by atoms with van der Waals surface area (Å²) < 4.78 is 15.4. The largest absolute Gasteiger partial charge is 0.467 e. The van der Waals surface area contributed by atoms with Crippen LogP contribution in [0.25, 0.3) is 0 Å². The van der Waals surface area contributed by atoms with Gasteiger partial charge in [-0.25, -0.2) is 14.3 Å². The molecular weight excluding hydrogens is 290 g/mol. The third-order valence-electron chi connectivity index (χ3n) is 3.39. The molecule has 0 atom stereocenters. The topological polar surface area (TPSA) is 94.8 Å². The number of carbonyl (C=O) groups excluding carboxylic acids is 2. The minimum atomic E-state index is -0.777. The van der Waals surface area contributed by atoms with E-state index >= 15 is 0 Å². The van der Waals surface area contributed by atoms with Gasteiger partial charge in [-0.3, -0.25) is 4.79 Å². The third kappa shape index (κ3) is 3.55. The van der Waals surface area contributed by atoms with E-state index in [-0.39, 0.29) is 17.2 Å². The highest BCUT2D eigenvalue weighted by molar-refractivity contribution is 6.02. The zero-order valence-corrected chi connectivity index (χ0v) is 13.5. The lowest BCUT2D eigenvalue weighted by molar-refractivity contribution is 0.00337. The Balaban J connectivity index is 2.09. The molecule has 0 aliphatic heterocycles. The second-order valence-corrected chi connectivity index (χ2v) is 6.67. The van der Waals surface area contributed by atoms with Gasteiger partial charge in [0.05, 0.1) is 0 Å². The fourth-order valence-corrected chi connectivity index (χ4v) is 1.96. The van der Waals surface area contributed by atoms with Crippen molar-refractivity contribution in [3.63, 3.8) is 0 Å². The highest BCUT2D eigenvalue weighted by atomic mass is 16.6. The van der Waals surface area contributed by atoms with Gasteiger partial charge in [0.2, 0.25) is 5.69 Å². The van der Waals surface area contributed by atoms with Crippen LogP contribution in [0.5, 0.6) is 5.88 Å². The van der Waals surface area contributed by atoms with Crippen molar-refractivity contribution >= 4 is 12.0 Å². The van der Waals surface area contributed by atoms with Gasteiger partial charge in [-0.05, 0) is 57.3 Å². The Kier molecular flexibility index (Phi) is 4.12. The standard InChI is InChI=1S/C14H21N3O5/c1-13(2,3)21-12(19)17(5)11(18)9-10(16-22-15-9)20-14(4)7-6-8-14/h6-8H2,1-5H3. The first kappa shape index (κ1) is 16.3. The van der Waals surface area contributed by atoms with Crippen LogP contribution in [0.1, 0.15) is 57.4 Å². The fraction of sp³-hybridized carbons (Fsp3) is 0.714. The highest BCUT2D eigenvalue weighted by Gasteiger charge is 2.38. The van der Waals surface area contributed by atoms with Gasteiger partial charge < -0.3 is 9.47 Å². The van der Waals surface area contributed by atoms with Crippen molar-refractivity contribution in [1.82, 2.24) is 15.2 Å². The van der Waals surface area contributed by atoms with Crippen LogP contribution < -0.4 is 4.74 Å². The molecule has 1 fully saturated rings. The smallest absolute Gasteiger partial charge is 0.417 e. The molecule has 0 bridgehead atoms. The predicted octanol–water partition coefficient (Wildman–Crippen LogP) is 2.40. The van der Waals surface area contributed by atoms with Crippen molar-refractivity contribution in [2.75, 3.05) is 7.05 Å². The number of hydrogen-bond donors (Lipinski definition) is 0. The molecule has 0 unspecified atom stereocenters. The van der Waals surface area contributed by atoms with Gasteiger partial charge in [-0.2, -0.15) is 0 Å². The van der Waals surface area contributed by atoms with Crippen molar-refractivity contribution < 1.29 is 23.7 Å². The Bertz CT molecular complexity index is 571. The van der Waals surface area contributed by atoms with Crippen molar-refractivity contribution in [2.24, 2.45) is 0 Å². The zero-order valence-electron chi connectivity index (χ0n) is 13.5. The van der Waals surface area contributed by atoms with E-state index in [0.29, 0.717) is 0 Å². The average molecular weight is 311 g/mol. The summed E-state index contributed by atoms with van der Waals surface area (Å²) in [5.74, 6) is -0.684. The Labute approximate surface area is 128 Å². The number of hydrogen-bond acceptors (Lipinski definition) is 7.